The Kier molecular flexibility index (Phi) is 15.2. The molecule has 13 heteroatoms. The monoisotopic (exact) mass is 762 g/mol. The molecule has 1 saturated heterocycles. The Balaban J connectivity index is 1.27. The zero-order valence-electron chi connectivity index (χ0n) is 32.5. The fraction of sp³-hybridized carbons (Fsp3) is 0.537. The molecule has 4 amide bonds. The summed E-state index contributed by atoms with van der Waals surface area (Å²) < 4.78 is 5.85. The van der Waals surface area contributed by atoms with Gasteiger partial charge in [-0.25, -0.2) is 4.98 Å². The summed E-state index contributed by atoms with van der Waals surface area (Å²) in [6.07, 6.45) is 3.38. The molecule has 3 aromatic rings. The van der Waals surface area contributed by atoms with E-state index >= 15 is 0 Å². The van der Waals surface area contributed by atoms with Crippen LogP contribution in [0.25, 0.3) is 10.4 Å². The number of β-amino-alcohol motifs (C(OH)–C–C–N with tert-alkyl or cyclic N) is 1. The minimum atomic E-state index is -0.875. The molecule has 2 heterocycles. The van der Waals surface area contributed by atoms with Gasteiger partial charge >= 0.3 is 0 Å². The van der Waals surface area contributed by atoms with E-state index in [1.54, 1.807) is 11.3 Å². The molecule has 0 radical (unpaired) electrons. The van der Waals surface area contributed by atoms with Crippen molar-refractivity contribution in [3.63, 3.8) is 0 Å². The minimum absolute atomic E-state index is 0.0183. The summed E-state index contributed by atoms with van der Waals surface area (Å²) in [6.45, 7) is 11.9. The third kappa shape index (κ3) is 12.1. The maximum absolute atomic E-state index is 14.0. The Hall–Kier alpha value is -4.33. The topological polar surface area (TPSA) is 190 Å². The maximum Gasteiger partial charge on any atom is 0.246 e. The Bertz CT molecular complexity index is 1740. The third-order valence-electron chi connectivity index (χ3n) is 9.96. The molecule has 0 bridgehead atoms. The summed E-state index contributed by atoms with van der Waals surface area (Å²) in [7, 11) is 0. The van der Waals surface area contributed by atoms with E-state index in [9.17, 15) is 24.3 Å². The molecule has 0 aliphatic carbocycles. The fourth-order valence-corrected chi connectivity index (χ4v) is 7.46. The lowest BCUT2D eigenvalue weighted by molar-refractivity contribution is -0.144. The molecule has 0 spiro atoms. The number of rotatable bonds is 18. The van der Waals surface area contributed by atoms with Gasteiger partial charge in [-0.2, -0.15) is 0 Å². The number of aliphatic hydroxyl groups excluding tert-OH is 1. The molecular weight excluding hydrogens is 705 g/mol. The van der Waals surface area contributed by atoms with Crippen LogP contribution in [0.3, 0.4) is 0 Å². The minimum Gasteiger partial charge on any atom is -0.492 e. The van der Waals surface area contributed by atoms with Crippen LogP contribution in [0.2, 0.25) is 0 Å². The molecule has 2 aromatic carbocycles. The van der Waals surface area contributed by atoms with E-state index in [-0.39, 0.29) is 61.5 Å². The molecule has 1 aromatic heterocycles. The number of benzene rings is 2. The lowest BCUT2D eigenvalue weighted by Gasteiger charge is -2.35. The van der Waals surface area contributed by atoms with Gasteiger partial charge in [-0.1, -0.05) is 57.5 Å². The van der Waals surface area contributed by atoms with Crippen molar-refractivity contribution in [3.8, 4) is 16.2 Å². The number of carbonyl (C=O) groups is 4. The molecule has 294 valence electrons. The number of carbonyl (C=O) groups excluding carboxylic acids is 4. The standard InChI is InChI=1S/C41H58N6O6S/c1-25-12-18-33(53-23-31(42)17-19-35(43)49)20-30(25)10-8-7-9-11-36(50)46-38(41(4,5)6)40(52)47-22-32(48)21-34(47)39(51)45-26(2)28-13-15-29(16-14-28)37-27(3)44-24-54-37/h12-16,18,20,24,26,31-32,34,38,48H,7-11,17,19,21-23,42H2,1-6H3,(H2,43,49)(H,45,51)(H,46,50)/t26-,31-,32+,34-,38+/m0/s1. The zero-order valence-corrected chi connectivity index (χ0v) is 33.3. The highest BCUT2D eigenvalue weighted by molar-refractivity contribution is 7.13. The normalized spacial score (nSPS) is 17.4. The number of likely N-dealkylation sites (tertiary alicyclic amines) is 1. The number of nitrogens with one attached hydrogen (secondary N) is 2. The first-order chi connectivity index (χ1) is 25.5. The first-order valence-electron chi connectivity index (χ1n) is 18.9. The fourth-order valence-electron chi connectivity index (χ4n) is 6.65. The molecule has 12 nitrogen and oxygen atoms in total. The number of ether oxygens (including phenoxy) is 1. The second-order valence-corrected chi connectivity index (χ2v) is 16.5. The predicted molar refractivity (Wildman–Crippen MR) is 212 cm³/mol. The van der Waals surface area contributed by atoms with E-state index in [2.05, 4.69) is 15.6 Å². The van der Waals surface area contributed by atoms with Gasteiger partial charge in [0.05, 0.1) is 28.2 Å². The molecule has 54 heavy (non-hydrogen) atoms. The van der Waals surface area contributed by atoms with Gasteiger partial charge in [-0.05, 0) is 86.3 Å². The summed E-state index contributed by atoms with van der Waals surface area (Å²) in [5, 5.41) is 16.6. The highest BCUT2D eigenvalue weighted by atomic mass is 32.1. The van der Waals surface area contributed by atoms with Gasteiger partial charge in [0.2, 0.25) is 23.6 Å². The van der Waals surface area contributed by atoms with Crippen molar-refractivity contribution in [3.05, 3.63) is 70.4 Å². The summed E-state index contributed by atoms with van der Waals surface area (Å²) >= 11 is 1.58. The van der Waals surface area contributed by atoms with E-state index in [1.807, 2.05) is 89.5 Å². The SMILES string of the molecule is Cc1ccc(OC[C@@H](N)CCC(N)=O)cc1CCCCCC(=O)N[C@H](C(=O)N1C[C@H](O)C[C@H]1C(=O)N[C@@H](C)c1ccc(-c2scnc2C)cc1)C(C)(C)C. The number of aliphatic hydroxyl groups is 1. The summed E-state index contributed by atoms with van der Waals surface area (Å²) in [6, 6.07) is 11.5. The van der Waals surface area contributed by atoms with E-state index < -0.39 is 23.6 Å². The number of aromatic nitrogens is 1. The molecule has 1 aliphatic rings. The Morgan fingerprint density at radius 2 is 1.76 bits per heavy atom. The number of amides is 4. The number of unbranched alkanes of at least 4 members (excludes halogenated alkanes) is 2. The number of hydrogen-bond acceptors (Lipinski definition) is 9. The zero-order chi connectivity index (χ0) is 39.6. The third-order valence-corrected chi connectivity index (χ3v) is 10.9. The molecule has 0 unspecified atom stereocenters. The van der Waals surface area contributed by atoms with Gasteiger partial charge in [-0.15, -0.1) is 11.3 Å². The lowest BCUT2D eigenvalue weighted by Crippen LogP contribution is -2.57. The summed E-state index contributed by atoms with van der Waals surface area (Å²) in [4.78, 5) is 58.7. The molecule has 4 rings (SSSR count). The van der Waals surface area contributed by atoms with Gasteiger partial charge < -0.3 is 36.8 Å². The molecular formula is C41H58N6O6S. The van der Waals surface area contributed by atoms with Gasteiger partial charge in [0.1, 0.15) is 24.4 Å². The van der Waals surface area contributed by atoms with Crippen LogP contribution >= 0.6 is 11.3 Å². The Labute approximate surface area is 323 Å². The van der Waals surface area contributed by atoms with Gasteiger partial charge in [0, 0.05) is 31.8 Å². The van der Waals surface area contributed by atoms with Crippen LogP contribution in [0.4, 0.5) is 0 Å². The summed E-state index contributed by atoms with van der Waals surface area (Å²) in [5.41, 5.74) is 17.7. The van der Waals surface area contributed by atoms with Crippen LogP contribution in [0.5, 0.6) is 5.75 Å². The van der Waals surface area contributed by atoms with Crippen molar-refractivity contribution < 1.29 is 29.0 Å². The van der Waals surface area contributed by atoms with E-state index in [4.69, 9.17) is 16.2 Å². The largest absolute Gasteiger partial charge is 0.492 e. The van der Waals surface area contributed by atoms with Crippen LogP contribution in [-0.4, -0.2) is 76.0 Å². The number of nitrogens with two attached hydrogens (primary N) is 2. The van der Waals surface area contributed by atoms with Crippen LogP contribution in [-0.2, 0) is 25.6 Å². The maximum atomic E-state index is 14.0. The molecule has 0 saturated carbocycles. The van der Waals surface area contributed by atoms with Gasteiger partial charge in [0.25, 0.3) is 0 Å². The highest BCUT2D eigenvalue weighted by Crippen LogP contribution is 2.30. The summed E-state index contributed by atoms with van der Waals surface area (Å²) in [5.74, 6) is -0.613. The van der Waals surface area contributed by atoms with Crippen molar-refractivity contribution >= 4 is 35.0 Å². The smallest absolute Gasteiger partial charge is 0.246 e. The van der Waals surface area contributed by atoms with Crippen molar-refractivity contribution in [1.29, 1.82) is 0 Å². The van der Waals surface area contributed by atoms with E-state index in [1.165, 1.54) is 4.90 Å². The molecule has 7 N–H and O–H groups in total. The van der Waals surface area contributed by atoms with E-state index in [0.717, 1.165) is 57.8 Å². The van der Waals surface area contributed by atoms with Crippen molar-refractivity contribution in [2.24, 2.45) is 16.9 Å². The number of aryl methyl sites for hydroxylation is 3. The molecule has 5 atom stereocenters. The highest BCUT2D eigenvalue weighted by Gasteiger charge is 2.44. The molecule has 1 aliphatic heterocycles. The van der Waals surface area contributed by atoms with Crippen molar-refractivity contribution in [1.82, 2.24) is 20.5 Å². The first-order valence-corrected chi connectivity index (χ1v) is 19.8. The van der Waals surface area contributed by atoms with Crippen LogP contribution in [0, 0.1) is 19.3 Å². The number of primary amides is 1. The number of hydrogen-bond donors (Lipinski definition) is 5. The average Bonchev–Trinajstić information content (AvgIpc) is 3.74. The quantitative estimate of drug-likeness (QED) is 0.113. The Morgan fingerprint density at radius 3 is 2.41 bits per heavy atom. The number of nitrogens with zero attached hydrogens (tertiary/aromatic N) is 2. The van der Waals surface area contributed by atoms with Gasteiger partial charge in [-0.3, -0.25) is 19.2 Å². The van der Waals surface area contributed by atoms with Crippen LogP contribution in [0.15, 0.2) is 48.0 Å². The van der Waals surface area contributed by atoms with E-state index in [0.29, 0.717) is 19.4 Å². The van der Waals surface area contributed by atoms with Crippen LogP contribution in [0.1, 0.15) is 101 Å². The first kappa shape index (κ1) is 42.4. The van der Waals surface area contributed by atoms with Crippen molar-refractivity contribution in [2.45, 2.75) is 123 Å². The lowest BCUT2D eigenvalue weighted by atomic mass is 9.85. The average molecular weight is 763 g/mol. The van der Waals surface area contributed by atoms with Gasteiger partial charge in [0.15, 0.2) is 0 Å². The molecule has 1 fully saturated rings. The Morgan fingerprint density at radius 1 is 1.04 bits per heavy atom. The van der Waals surface area contributed by atoms with Crippen molar-refractivity contribution in [2.75, 3.05) is 13.2 Å². The van der Waals surface area contributed by atoms with Crippen LogP contribution < -0.4 is 26.8 Å². The number of thiazole rings is 1. The second-order valence-electron chi connectivity index (χ2n) is 15.6. The second kappa shape index (κ2) is 19.3. The predicted octanol–water partition coefficient (Wildman–Crippen LogP) is 4.87.